The molecule has 2 unspecified atom stereocenters. The number of hydrogen-bond acceptors (Lipinski definition) is 5. The molecule has 1 aliphatic heterocycles. The summed E-state index contributed by atoms with van der Waals surface area (Å²) in [6.07, 6.45) is 6.11. The second-order valence-corrected chi connectivity index (χ2v) is 9.12. The monoisotopic (exact) mass is 461 g/mol. The van der Waals surface area contributed by atoms with Crippen molar-refractivity contribution < 1.29 is 14.6 Å². The summed E-state index contributed by atoms with van der Waals surface area (Å²) in [5, 5.41) is 14.6. The zero-order valence-corrected chi connectivity index (χ0v) is 19.7. The van der Waals surface area contributed by atoms with Crippen molar-refractivity contribution in [2.75, 3.05) is 32.8 Å². The lowest BCUT2D eigenvalue weighted by Gasteiger charge is -2.33. The normalized spacial score (nSPS) is 17.4. The number of rotatable bonds is 11. The van der Waals surface area contributed by atoms with Crippen molar-refractivity contribution >= 4 is 16.8 Å². The van der Waals surface area contributed by atoms with Crippen molar-refractivity contribution in [3.63, 3.8) is 0 Å². The van der Waals surface area contributed by atoms with E-state index in [1.165, 1.54) is 5.56 Å². The fourth-order valence-electron chi connectivity index (χ4n) is 4.63. The quantitative estimate of drug-likeness (QED) is 0.425. The van der Waals surface area contributed by atoms with Crippen molar-refractivity contribution in [2.45, 2.75) is 38.2 Å². The Kier molecular flexibility index (Phi) is 8.88. The number of nitrogens with one attached hydrogen (secondary N) is 1. The molecular formula is C28H35N3O3. The molecule has 1 saturated heterocycles. The Morgan fingerprint density at radius 2 is 2.00 bits per heavy atom. The molecule has 34 heavy (non-hydrogen) atoms. The number of aromatic nitrogens is 1. The predicted molar refractivity (Wildman–Crippen MR) is 135 cm³/mol. The van der Waals surface area contributed by atoms with Gasteiger partial charge in [-0.15, -0.1) is 0 Å². The molecular weight excluding hydrogens is 426 g/mol. The summed E-state index contributed by atoms with van der Waals surface area (Å²) < 4.78 is 5.91. The van der Waals surface area contributed by atoms with Gasteiger partial charge in [0.25, 0.3) is 0 Å². The number of carbonyl (C=O) groups is 1. The van der Waals surface area contributed by atoms with E-state index in [0.29, 0.717) is 13.1 Å². The molecule has 3 aromatic rings. The SMILES string of the molecule is O=C(NCCCCc1ccccc1)C1CCCN(CC(O)COc2cccc3ncccc23)C1. The average Bonchev–Trinajstić information content (AvgIpc) is 2.88. The van der Waals surface area contributed by atoms with Crippen LogP contribution in [0.1, 0.15) is 31.2 Å². The summed E-state index contributed by atoms with van der Waals surface area (Å²) in [4.78, 5) is 19.2. The van der Waals surface area contributed by atoms with Gasteiger partial charge in [-0.1, -0.05) is 36.4 Å². The highest BCUT2D eigenvalue weighted by molar-refractivity contribution is 5.84. The van der Waals surface area contributed by atoms with Gasteiger partial charge in [0.05, 0.1) is 11.4 Å². The highest BCUT2D eigenvalue weighted by Gasteiger charge is 2.26. The lowest BCUT2D eigenvalue weighted by Crippen LogP contribution is -2.46. The highest BCUT2D eigenvalue weighted by atomic mass is 16.5. The van der Waals surface area contributed by atoms with E-state index in [9.17, 15) is 9.90 Å². The molecule has 180 valence electrons. The number of nitrogens with zero attached hydrogens (tertiary/aromatic N) is 2. The largest absolute Gasteiger partial charge is 0.490 e. The number of hydrogen-bond donors (Lipinski definition) is 2. The van der Waals surface area contributed by atoms with Crippen molar-refractivity contribution in [1.29, 1.82) is 0 Å². The summed E-state index contributed by atoms with van der Waals surface area (Å²) >= 11 is 0. The van der Waals surface area contributed by atoms with E-state index < -0.39 is 6.10 Å². The zero-order valence-electron chi connectivity index (χ0n) is 19.7. The predicted octanol–water partition coefficient (Wildman–Crippen LogP) is 3.83. The van der Waals surface area contributed by atoms with Crippen LogP contribution in [0.5, 0.6) is 5.75 Å². The third-order valence-corrected chi connectivity index (χ3v) is 6.42. The Labute approximate surface area is 202 Å². The van der Waals surface area contributed by atoms with Crippen LogP contribution in [0.25, 0.3) is 10.9 Å². The van der Waals surface area contributed by atoms with Crippen LogP contribution in [-0.2, 0) is 11.2 Å². The molecule has 1 fully saturated rings. The fourth-order valence-corrected chi connectivity index (χ4v) is 4.63. The molecule has 0 saturated carbocycles. The summed E-state index contributed by atoms with van der Waals surface area (Å²) in [5.74, 6) is 0.853. The van der Waals surface area contributed by atoms with Crippen LogP contribution < -0.4 is 10.1 Å². The topological polar surface area (TPSA) is 74.7 Å². The number of aliphatic hydroxyl groups is 1. The number of fused-ring (bicyclic) bond motifs is 1. The molecule has 2 N–H and O–H groups in total. The van der Waals surface area contributed by atoms with Crippen LogP contribution in [0, 0.1) is 5.92 Å². The third kappa shape index (κ3) is 7.02. The number of piperidine rings is 1. The third-order valence-electron chi connectivity index (χ3n) is 6.42. The van der Waals surface area contributed by atoms with Gasteiger partial charge in [0, 0.05) is 31.2 Å². The number of carbonyl (C=O) groups excluding carboxylic acids is 1. The summed E-state index contributed by atoms with van der Waals surface area (Å²) in [7, 11) is 0. The van der Waals surface area contributed by atoms with Gasteiger partial charge in [-0.3, -0.25) is 14.7 Å². The van der Waals surface area contributed by atoms with Gasteiger partial charge in [0.2, 0.25) is 5.91 Å². The van der Waals surface area contributed by atoms with Crippen molar-refractivity contribution in [3.8, 4) is 5.75 Å². The van der Waals surface area contributed by atoms with Crippen molar-refractivity contribution in [2.24, 2.45) is 5.92 Å². The first kappa shape index (κ1) is 24.2. The number of likely N-dealkylation sites (tertiary alicyclic amines) is 1. The summed E-state index contributed by atoms with van der Waals surface area (Å²) in [6.45, 7) is 3.02. The Balaban J connectivity index is 1.16. The maximum Gasteiger partial charge on any atom is 0.224 e. The molecule has 2 atom stereocenters. The minimum absolute atomic E-state index is 0.0138. The molecule has 1 aromatic heterocycles. The lowest BCUT2D eigenvalue weighted by molar-refractivity contribution is -0.126. The second-order valence-electron chi connectivity index (χ2n) is 9.12. The number of β-amino-alcohol motifs (C(OH)–C–C–N with tert-alkyl or cyclic N) is 1. The van der Waals surface area contributed by atoms with Crippen LogP contribution in [0.4, 0.5) is 0 Å². The van der Waals surface area contributed by atoms with Gasteiger partial charge in [-0.05, 0) is 68.5 Å². The molecule has 6 nitrogen and oxygen atoms in total. The van der Waals surface area contributed by atoms with E-state index in [1.54, 1.807) is 6.20 Å². The molecule has 6 heteroatoms. The minimum atomic E-state index is -0.619. The first-order chi connectivity index (χ1) is 16.7. The lowest BCUT2D eigenvalue weighted by atomic mass is 9.96. The smallest absolute Gasteiger partial charge is 0.224 e. The molecule has 0 spiro atoms. The van der Waals surface area contributed by atoms with E-state index in [-0.39, 0.29) is 18.4 Å². The Hall–Kier alpha value is -2.96. The van der Waals surface area contributed by atoms with Gasteiger partial charge < -0.3 is 15.2 Å². The summed E-state index contributed by atoms with van der Waals surface area (Å²) in [6, 6.07) is 20.1. The van der Waals surface area contributed by atoms with Gasteiger partial charge in [0.1, 0.15) is 18.5 Å². The molecule has 0 bridgehead atoms. The van der Waals surface area contributed by atoms with Crippen LogP contribution in [0.15, 0.2) is 66.9 Å². The molecule has 2 heterocycles. The molecule has 0 aliphatic carbocycles. The van der Waals surface area contributed by atoms with Crippen LogP contribution >= 0.6 is 0 Å². The second kappa shape index (κ2) is 12.5. The highest BCUT2D eigenvalue weighted by Crippen LogP contribution is 2.24. The molecule has 1 aliphatic rings. The van der Waals surface area contributed by atoms with E-state index >= 15 is 0 Å². The minimum Gasteiger partial charge on any atom is -0.490 e. The number of pyridine rings is 1. The molecule has 0 radical (unpaired) electrons. The Morgan fingerprint density at radius 3 is 2.88 bits per heavy atom. The maximum atomic E-state index is 12.7. The first-order valence-electron chi connectivity index (χ1n) is 12.4. The van der Waals surface area contributed by atoms with Gasteiger partial charge in [0.15, 0.2) is 0 Å². The van der Waals surface area contributed by atoms with Gasteiger partial charge >= 0.3 is 0 Å². The Morgan fingerprint density at radius 1 is 1.12 bits per heavy atom. The number of ether oxygens (including phenoxy) is 1. The molecule has 2 aromatic carbocycles. The van der Waals surface area contributed by atoms with Crippen LogP contribution in [0.2, 0.25) is 0 Å². The Bertz CT molecular complexity index is 1040. The summed E-state index contributed by atoms with van der Waals surface area (Å²) in [5.41, 5.74) is 2.22. The standard InChI is InChI=1S/C28H35N3O3/c32-24(21-34-27-15-6-14-26-25(27)13-7-17-29-26)20-31-18-8-12-23(19-31)28(33)30-16-5-4-11-22-9-2-1-3-10-22/h1-3,6-7,9-10,13-15,17,23-24,32H,4-5,8,11-12,16,18-21H2,(H,30,33). The van der Waals surface area contributed by atoms with E-state index in [1.807, 2.05) is 36.4 Å². The van der Waals surface area contributed by atoms with Gasteiger partial charge in [-0.2, -0.15) is 0 Å². The number of aryl methyl sites for hydroxylation is 1. The number of amides is 1. The maximum absolute atomic E-state index is 12.7. The van der Waals surface area contributed by atoms with Crippen LogP contribution in [-0.4, -0.2) is 59.8 Å². The number of unbranched alkanes of at least 4 members (excludes halogenated alkanes) is 1. The molecule has 1 amide bonds. The fraction of sp³-hybridized carbons (Fsp3) is 0.429. The number of aliphatic hydroxyl groups excluding tert-OH is 1. The first-order valence-corrected chi connectivity index (χ1v) is 12.4. The number of benzene rings is 2. The zero-order chi connectivity index (χ0) is 23.6. The average molecular weight is 462 g/mol. The molecule has 4 rings (SSSR count). The van der Waals surface area contributed by atoms with Gasteiger partial charge in [-0.25, -0.2) is 0 Å². The van der Waals surface area contributed by atoms with Crippen molar-refractivity contribution in [1.82, 2.24) is 15.2 Å². The van der Waals surface area contributed by atoms with Crippen molar-refractivity contribution in [3.05, 3.63) is 72.4 Å². The van der Waals surface area contributed by atoms with E-state index in [4.69, 9.17) is 4.74 Å². The van der Waals surface area contributed by atoms with Crippen LogP contribution in [0.3, 0.4) is 0 Å². The van der Waals surface area contributed by atoms with E-state index in [2.05, 4.69) is 39.5 Å². The van der Waals surface area contributed by atoms with E-state index in [0.717, 1.165) is 61.8 Å².